The molecule has 0 N–H and O–H groups in total. The topological polar surface area (TPSA) is 84.0 Å². The lowest BCUT2D eigenvalue weighted by Crippen LogP contribution is -2.34. The van der Waals surface area contributed by atoms with Crippen molar-refractivity contribution in [2.75, 3.05) is 28.2 Å². The van der Waals surface area contributed by atoms with Crippen LogP contribution in [0.3, 0.4) is 0 Å². The molecule has 0 fully saturated rings. The molecule has 0 aliphatic rings. The van der Waals surface area contributed by atoms with E-state index in [4.69, 9.17) is 4.74 Å². The minimum absolute atomic E-state index is 0.0152. The van der Waals surface area contributed by atoms with Gasteiger partial charge in [-0.05, 0) is 25.1 Å². The predicted molar refractivity (Wildman–Crippen MR) is 80.9 cm³/mol. The van der Waals surface area contributed by atoms with Crippen molar-refractivity contribution in [2.24, 2.45) is 0 Å². The van der Waals surface area contributed by atoms with Crippen molar-refractivity contribution >= 4 is 21.9 Å². The van der Waals surface area contributed by atoms with Crippen LogP contribution in [0.5, 0.6) is 0 Å². The predicted octanol–water partition coefficient (Wildman–Crippen LogP) is 0.570. The van der Waals surface area contributed by atoms with Gasteiger partial charge in [0.15, 0.2) is 6.10 Å². The number of benzene rings is 1. The molecule has 122 valence electrons. The molecule has 0 aliphatic heterocycles. The summed E-state index contributed by atoms with van der Waals surface area (Å²) in [5.74, 6) is -1.11. The van der Waals surface area contributed by atoms with Gasteiger partial charge in [0.05, 0.1) is 10.5 Å². The standard InChI is InChI=1S/C14H20N2O5S/c1-10(13(17)15(2)3)21-14(18)11-7-6-8-12(9-11)22(19,20)16(4)5/h6-10H,1-5H3/t10-/m1/s1. The van der Waals surface area contributed by atoms with Gasteiger partial charge >= 0.3 is 5.97 Å². The molecule has 22 heavy (non-hydrogen) atoms. The second kappa shape index (κ2) is 6.89. The molecule has 1 atom stereocenters. The van der Waals surface area contributed by atoms with Crippen LogP contribution in [0.15, 0.2) is 29.2 Å². The molecule has 0 saturated carbocycles. The van der Waals surface area contributed by atoms with E-state index in [0.29, 0.717) is 0 Å². The van der Waals surface area contributed by atoms with Gasteiger partial charge in [-0.15, -0.1) is 0 Å². The average Bonchev–Trinajstić information content (AvgIpc) is 2.46. The molecule has 0 spiro atoms. The Bertz CT molecular complexity index is 668. The van der Waals surface area contributed by atoms with Crippen LogP contribution in [0.25, 0.3) is 0 Å². The second-order valence-corrected chi connectivity index (χ2v) is 7.25. The molecule has 1 aromatic carbocycles. The molecule has 0 radical (unpaired) electrons. The Morgan fingerprint density at radius 2 is 1.73 bits per heavy atom. The van der Waals surface area contributed by atoms with Gasteiger partial charge in [-0.2, -0.15) is 0 Å². The van der Waals surface area contributed by atoms with Crippen LogP contribution in [0.1, 0.15) is 17.3 Å². The van der Waals surface area contributed by atoms with Crippen molar-refractivity contribution in [3.63, 3.8) is 0 Å². The van der Waals surface area contributed by atoms with Gasteiger partial charge < -0.3 is 9.64 Å². The third-order valence-corrected chi connectivity index (χ3v) is 4.73. The first-order valence-electron chi connectivity index (χ1n) is 6.52. The fourth-order valence-corrected chi connectivity index (χ4v) is 2.59. The van der Waals surface area contributed by atoms with Crippen LogP contribution in [0.4, 0.5) is 0 Å². The first-order chi connectivity index (χ1) is 10.1. The van der Waals surface area contributed by atoms with Crippen LogP contribution < -0.4 is 0 Å². The lowest BCUT2D eigenvalue weighted by atomic mass is 10.2. The van der Waals surface area contributed by atoms with E-state index >= 15 is 0 Å². The molecule has 0 aliphatic carbocycles. The molecule has 1 amide bonds. The zero-order valence-corrected chi connectivity index (χ0v) is 14.0. The molecule has 0 unspecified atom stereocenters. The number of likely N-dealkylation sites (N-methyl/N-ethyl adjacent to an activating group) is 1. The summed E-state index contributed by atoms with van der Waals surface area (Å²) in [7, 11) is 2.27. The summed E-state index contributed by atoms with van der Waals surface area (Å²) in [6.07, 6.45) is -0.948. The number of carbonyl (C=O) groups excluding carboxylic acids is 2. The number of amides is 1. The van der Waals surface area contributed by atoms with Gasteiger partial charge in [0, 0.05) is 28.2 Å². The highest BCUT2D eigenvalue weighted by Gasteiger charge is 2.22. The number of ether oxygens (including phenoxy) is 1. The maximum Gasteiger partial charge on any atom is 0.338 e. The quantitative estimate of drug-likeness (QED) is 0.738. The highest BCUT2D eigenvalue weighted by atomic mass is 32.2. The normalized spacial score (nSPS) is 12.8. The Morgan fingerprint density at radius 3 is 2.23 bits per heavy atom. The summed E-state index contributed by atoms with van der Waals surface area (Å²) in [5, 5.41) is 0. The Hall–Kier alpha value is -1.93. The van der Waals surface area contributed by atoms with Gasteiger partial charge in [0.2, 0.25) is 10.0 Å². The summed E-state index contributed by atoms with van der Waals surface area (Å²) in [4.78, 5) is 25.0. The van der Waals surface area contributed by atoms with Crippen molar-refractivity contribution in [3.8, 4) is 0 Å². The second-order valence-electron chi connectivity index (χ2n) is 5.10. The maximum atomic E-state index is 12.0. The van der Waals surface area contributed by atoms with Crippen molar-refractivity contribution in [2.45, 2.75) is 17.9 Å². The molecular formula is C14H20N2O5S. The van der Waals surface area contributed by atoms with E-state index in [2.05, 4.69) is 0 Å². The first kappa shape index (κ1) is 18.1. The number of sulfonamides is 1. The number of rotatable bonds is 5. The third kappa shape index (κ3) is 4.05. The summed E-state index contributed by atoms with van der Waals surface area (Å²) in [6, 6.07) is 5.50. The van der Waals surface area contributed by atoms with Crippen molar-refractivity contribution in [3.05, 3.63) is 29.8 Å². The average molecular weight is 328 g/mol. The van der Waals surface area contributed by atoms with E-state index in [9.17, 15) is 18.0 Å². The Kier molecular flexibility index (Phi) is 5.67. The van der Waals surface area contributed by atoms with E-state index in [1.54, 1.807) is 14.1 Å². The molecule has 1 rings (SSSR count). The zero-order valence-electron chi connectivity index (χ0n) is 13.2. The fourth-order valence-electron chi connectivity index (χ4n) is 1.64. The minimum atomic E-state index is -3.64. The van der Waals surface area contributed by atoms with Gasteiger partial charge in [-0.25, -0.2) is 17.5 Å². The molecule has 1 aromatic rings. The number of esters is 1. The highest BCUT2D eigenvalue weighted by molar-refractivity contribution is 7.89. The smallest absolute Gasteiger partial charge is 0.338 e. The Balaban J connectivity index is 3.00. The van der Waals surface area contributed by atoms with E-state index in [0.717, 1.165) is 4.31 Å². The molecule has 0 saturated heterocycles. The zero-order chi connectivity index (χ0) is 17.1. The third-order valence-electron chi connectivity index (χ3n) is 2.92. The van der Waals surface area contributed by atoms with Crippen LogP contribution in [0.2, 0.25) is 0 Å². The van der Waals surface area contributed by atoms with E-state index in [1.807, 2.05) is 0 Å². The van der Waals surface area contributed by atoms with Crippen LogP contribution in [0, 0.1) is 0 Å². The molecule has 8 heteroatoms. The van der Waals surface area contributed by atoms with Crippen molar-refractivity contribution in [1.29, 1.82) is 0 Å². The molecular weight excluding hydrogens is 308 g/mol. The van der Waals surface area contributed by atoms with Gasteiger partial charge in [-0.3, -0.25) is 4.79 Å². The maximum absolute atomic E-state index is 12.0. The monoisotopic (exact) mass is 328 g/mol. The van der Waals surface area contributed by atoms with E-state index < -0.39 is 22.1 Å². The number of nitrogens with zero attached hydrogens (tertiary/aromatic N) is 2. The number of hydrogen-bond acceptors (Lipinski definition) is 5. The Labute approximate surface area is 130 Å². The minimum Gasteiger partial charge on any atom is -0.449 e. The fraction of sp³-hybridized carbons (Fsp3) is 0.429. The largest absolute Gasteiger partial charge is 0.449 e. The lowest BCUT2D eigenvalue weighted by Gasteiger charge is -2.17. The highest BCUT2D eigenvalue weighted by Crippen LogP contribution is 2.16. The lowest BCUT2D eigenvalue weighted by molar-refractivity contribution is -0.137. The van der Waals surface area contributed by atoms with Crippen molar-refractivity contribution in [1.82, 2.24) is 9.21 Å². The molecule has 0 aromatic heterocycles. The molecule has 0 heterocycles. The van der Waals surface area contributed by atoms with Gasteiger partial charge in [-0.1, -0.05) is 6.07 Å². The van der Waals surface area contributed by atoms with Crippen LogP contribution >= 0.6 is 0 Å². The van der Waals surface area contributed by atoms with E-state index in [-0.39, 0.29) is 16.4 Å². The number of hydrogen-bond donors (Lipinski definition) is 0. The van der Waals surface area contributed by atoms with Crippen LogP contribution in [-0.4, -0.2) is 63.8 Å². The van der Waals surface area contributed by atoms with E-state index in [1.165, 1.54) is 50.2 Å². The number of carbonyl (C=O) groups is 2. The van der Waals surface area contributed by atoms with Gasteiger partial charge in [0.1, 0.15) is 0 Å². The summed E-state index contributed by atoms with van der Waals surface area (Å²) >= 11 is 0. The summed E-state index contributed by atoms with van der Waals surface area (Å²) in [5.41, 5.74) is 0.0707. The molecule has 0 bridgehead atoms. The van der Waals surface area contributed by atoms with Crippen molar-refractivity contribution < 1.29 is 22.7 Å². The molecule has 7 nitrogen and oxygen atoms in total. The van der Waals surface area contributed by atoms with Gasteiger partial charge in [0.25, 0.3) is 5.91 Å². The Morgan fingerprint density at radius 1 is 1.14 bits per heavy atom. The summed E-state index contributed by atoms with van der Waals surface area (Å²) in [6.45, 7) is 1.46. The van der Waals surface area contributed by atoms with Crippen LogP contribution in [-0.2, 0) is 19.6 Å². The SMILES string of the molecule is C[C@@H](OC(=O)c1cccc(S(=O)(=O)N(C)C)c1)C(=O)N(C)C. The summed E-state index contributed by atoms with van der Waals surface area (Å²) < 4.78 is 30.2. The first-order valence-corrected chi connectivity index (χ1v) is 7.96.